The standard InChI is InChI=1S/C12H23F3N2O/c1-16-11(9-18)5-3-4-10(8-11)17(2)7-6-12(13,14)15/h10,16,18H,3-9H2,1-2H3. The molecule has 2 unspecified atom stereocenters. The van der Waals surface area contributed by atoms with Gasteiger partial charge in [-0.25, -0.2) is 0 Å². The first kappa shape index (κ1) is 15.7. The Kier molecular flexibility index (Phi) is 5.43. The summed E-state index contributed by atoms with van der Waals surface area (Å²) in [7, 11) is 3.54. The average molecular weight is 268 g/mol. The number of nitrogens with zero attached hydrogens (tertiary/aromatic N) is 1. The zero-order chi connectivity index (χ0) is 13.8. The lowest BCUT2D eigenvalue weighted by molar-refractivity contribution is -0.138. The van der Waals surface area contributed by atoms with E-state index in [0.29, 0.717) is 6.42 Å². The van der Waals surface area contributed by atoms with Gasteiger partial charge in [-0.3, -0.25) is 0 Å². The fourth-order valence-corrected chi connectivity index (χ4v) is 2.64. The van der Waals surface area contributed by atoms with Crippen molar-refractivity contribution in [3.05, 3.63) is 0 Å². The normalized spacial score (nSPS) is 29.8. The third-order valence-corrected chi connectivity index (χ3v) is 4.02. The molecule has 1 fully saturated rings. The highest BCUT2D eigenvalue weighted by atomic mass is 19.4. The number of hydrogen-bond donors (Lipinski definition) is 2. The van der Waals surface area contributed by atoms with E-state index in [1.807, 2.05) is 0 Å². The van der Waals surface area contributed by atoms with Crippen molar-refractivity contribution in [3.63, 3.8) is 0 Å². The number of alkyl halides is 3. The summed E-state index contributed by atoms with van der Waals surface area (Å²) in [6, 6.07) is 0.112. The molecular weight excluding hydrogens is 245 g/mol. The summed E-state index contributed by atoms with van der Waals surface area (Å²) < 4.78 is 36.6. The summed E-state index contributed by atoms with van der Waals surface area (Å²) in [4.78, 5) is 1.77. The third kappa shape index (κ3) is 4.40. The molecule has 2 atom stereocenters. The van der Waals surface area contributed by atoms with Crippen LogP contribution >= 0.6 is 0 Å². The highest BCUT2D eigenvalue weighted by Crippen LogP contribution is 2.31. The first-order valence-electron chi connectivity index (χ1n) is 6.39. The zero-order valence-electron chi connectivity index (χ0n) is 11.1. The SMILES string of the molecule is CNC1(CO)CCCC(N(C)CCC(F)(F)F)C1. The molecule has 18 heavy (non-hydrogen) atoms. The van der Waals surface area contributed by atoms with Gasteiger partial charge in [-0.15, -0.1) is 0 Å². The number of rotatable bonds is 5. The number of aliphatic hydroxyl groups is 1. The summed E-state index contributed by atoms with van der Waals surface area (Å²) in [5, 5.41) is 12.6. The molecule has 6 heteroatoms. The van der Waals surface area contributed by atoms with E-state index in [1.165, 1.54) is 0 Å². The highest BCUT2D eigenvalue weighted by Gasteiger charge is 2.36. The molecule has 108 valence electrons. The quantitative estimate of drug-likeness (QED) is 0.797. The summed E-state index contributed by atoms with van der Waals surface area (Å²) in [6.07, 6.45) is -1.45. The zero-order valence-corrected chi connectivity index (χ0v) is 11.1. The van der Waals surface area contributed by atoms with Crippen molar-refractivity contribution in [2.75, 3.05) is 27.2 Å². The minimum absolute atomic E-state index is 0.0272. The van der Waals surface area contributed by atoms with Gasteiger partial charge < -0.3 is 15.3 Å². The molecule has 0 heterocycles. The van der Waals surface area contributed by atoms with Crippen LogP contribution in [-0.4, -0.2) is 55.0 Å². The lowest BCUT2D eigenvalue weighted by atomic mass is 9.79. The molecular formula is C12H23F3N2O. The molecule has 0 aromatic carbocycles. The molecule has 2 N–H and O–H groups in total. The van der Waals surface area contributed by atoms with E-state index in [0.717, 1.165) is 19.3 Å². The number of halogens is 3. The lowest BCUT2D eigenvalue weighted by Gasteiger charge is -2.43. The molecule has 3 nitrogen and oxygen atoms in total. The molecule has 0 saturated heterocycles. The van der Waals surface area contributed by atoms with Crippen LogP contribution in [0.15, 0.2) is 0 Å². The first-order valence-corrected chi connectivity index (χ1v) is 6.39. The van der Waals surface area contributed by atoms with Crippen molar-refractivity contribution in [1.82, 2.24) is 10.2 Å². The summed E-state index contributed by atoms with van der Waals surface area (Å²) in [5.74, 6) is 0. The van der Waals surface area contributed by atoms with Crippen LogP contribution in [0.4, 0.5) is 13.2 Å². The van der Waals surface area contributed by atoms with Crippen molar-refractivity contribution in [1.29, 1.82) is 0 Å². The van der Waals surface area contributed by atoms with Crippen LogP contribution in [-0.2, 0) is 0 Å². The van der Waals surface area contributed by atoms with Gasteiger partial charge in [-0.2, -0.15) is 13.2 Å². The topological polar surface area (TPSA) is 35.5 Å². The second kappa shape index (κ2) is 6.21. The largest absolute Gasteiger partial charge is 0.394 e. The van der Waals surface area contributed by atoms with Crippen molar-refractivity contribution in [2.45, 2.75) is 49.9 Å². The lowest BCUT2D eigenvalue weighted by Crippen LogP contribution is -2.54. The van der Waals surface area contributed by atoms with Crippen LogP contribution in [0.2, 0.25) is 0 Å². The molecule has 1 rings (SSSR count). The van der Waals surface area contributed by atoms with Crippen LogP contribution in [0.3, 0.4) is 0 Å². The minimum atomic E-state index is -4.10. The second-order valence-corrected chi connectivity index (χ2v) is 5.28. The molecule has 0 aromatic heterocycles. The fourth-order valence-electron chi connectivity index (χ4n) is 2.64. The Morgan fingerprint density at radius 2 is 2.11 bits per heavy atom. The molecule has 0 spiro atoms. The minimum Gasteiger partial charge on any atom is -0.394 e. The van der Waals surface area contributed by atoms with Gasteiger partial charge in [0, 0.05) is 18.1 Å². The Labute approximate surface area is 106 Å². The van der Waals surface area contributed by atoms with Crippen LogP contribution in [0.5, 0.6) is 0 Å². The predicted molar refractivity (Wildman–Crippen MR) is 64.4 cm³/mol. The van der Waals surface area contributed by atoms with Crippen molar-refractivity contribution in [2.24, 2.45) is 0 Å². The Morgan fingerprint density at radius 1 is 1.44 bits per heavy atom. The maximum atomic E-state index is 12.2. The first-order chi connectivity index (χ1) is 8.32. The average Bonchev–Trinajstić information content (AvgIpc) is 2.35. The number of hydrogen-bond acceptors (Lipinski definition) is 3. The van der Waals surface area contributed by atoms with Crippen LogP contribution in [0, 0.1) is 0 Å². The maximum Gasteiger partial charge on any atom is 0.390 e. The van der Waals surface area contributed by atoms with Crippen LogP contribution < -0.4 is 5.32 Å². The summed E-state index contributed by atoms with van der Waals surface area (Å²) >= 11 is 0. The molecule has 0 amide bonds. The number of nitrogens with one attached hydrogen (secondary N) is 1. The maximum absolute atomic E-state index is 12.2. The predicted octanol–water partition coefficient (Wildman–Crippen LogP) is 1.76. The second-order valence-electron chi connectivity index (χ2n) is 5.28. The van der Waals surface area contributed by atoms with Gasteiger partial charge in [0.05, 0.1) is 13.0 Å². The molecule has 0 radical (unpaired) electrons. The van der Waals surface area contributed by atoms with Gasteiger partial charge in [0.1, 0.15) is 0 Å². The Hall–Kier alpha value is -0.330. The van der Waals surface area contributed by atoms with Gasteiger partial charge in [0.15, 0.2) is 0 Å². The molecule has 1 aliphatic carbocycles. The molecule has 0 bridgehead atoms. The van der Waals surface area contributed by atoms with Crippen molar-refractivity contribution >= 4 is 0 Å². The van der Waals surface area contributed by atoms with E-state index in [4.69, 9.17) is 0 Å². The van der Waals surface area contributed by atoms with E-state index in [2.05, 4.69) is 5.32 Å². The van der Waals surface area contributed by atoms with Crippen molar-refractivity contribution < 1.29 is 18.3 Å². The van der Waals surface area contributed by atoms with Gasteiger partial charge in [-0.05, 0) is 39.8 Å². The smallest absolute Gasteiger partial charge is 0.390 e. The van der Waals surface area contributed by atoms with Gasteiger partial charge in [-0.1, -0.05) is 0 Å². The van der Waals surface area contributed by atoms with E-state index in [1.54, 1.807) is 19.0 Å². The number of aliphatic hydroxyl groups excluding tert-OH is 1. The number of likely N-dealkylation sites (N-methyl/N-ethyl adjacent to an activating group) is 1. The van der Waals surface area contributed by atoms with Crippen LogP contribution in [0.1, 0.15) is 32.1 Å². The molecule has 0 aromatic rings. The molecule has 1 saturated carbocycles. The molecule has 1 aliphatic rings. The van der Waals surface area contributed by atoms with Gasteiger partial charge in [0.25, 0.3) is 0 Å². The van der Waals surface area contributed by atoms with Crippen molar-refractivity contribution in [3.8, 4) is 0 Å². The fraction of sp³-hybridized carbons (Fsp3) is 1.00. The van der Waals surface area contributed by atoms with Gasteiger partial charge in [0.2, 0.25) is 0 Å². The van der Waals surface area contributed by atoms with E-state index in [9.17, 15) is 18.3 Å². The Morgan fingerprint density at radius 3 is 2.61 bits per heavy atom. The van der Waals surface area contributed by atoms with E-state index >= 15 is 0 Å². The van der Waals surface area contributed by atoms with Crippen LogP contribution in [0.25, 0.3) is 0 Å². The molecule has 0 aliphatic heterocycles. The van der Waals surface area contributed by atoms with Gasteiger partial charge >= 0.3 is 6.18 Å². The summed E-state index contributed by atoms with van der Waals surface area (Å²) in [6.45, 7) is 0.0620. The van der Waals surface area contributed by atoms with E-state index < -0.39 is 12.6 Å². The Bertz CT molecular complexity index is 254. The Balaban J connectivity index is 2.50. The highest BCUT2D eigenvalue weighted by molar-refractivity contribution is 4.95. The summed E-state index contributed by atoms with van der Waals surface area (Å²) in [5.41, 5.74) is -0.324. The monoisotopic (exact) mass is 268 g/mol. The van der Waals surface area contributed by atoms with E-state index in [-0.39, 0.29) is 24.7 Å². The third-order valence-electron chi connectivity index (χ3n) is 4.02.